The van der Waals surface area contributed by atoms with E-state index >= 15 is 0 Å². The normalized spacial score (nSPS) is 11.0. The second-order valence-corrected chi connectivity index (χ2v) is 4.70. The highest BCUT2D eigenvalue weighted by Gasteiger charge is 2.04. The number of aromatic nitrogens is 2. The van der Waals surface area contributed by atoms with Crippen LogP contribution in [0.15, 0.2) is 36.5 Å². The van der Waals surface area contributed by atoms with E-state index in [9.17, 15) is 4.79 Å². The molecule has 2 N–H and O–H groups in total. The van der Waals surface area contributed by atoms with Crippen molar-refractivity contribution in [2.75, 3.05) is 5.32 Å². The number of hydrogen-bond acceptors (Lipinski definition) is 3. The molecule has 5 heteroatoms. The number of aliphatic hydroxyl groups excluding tert-OH is 1. The smallest absolute Gasteiger partial charge is 0.248 e. The Morgan fingerprint density at radius 1 is 1.43 bits per heavy atom. The number of aliphatic hydroxyl groups is 1. The molecule has 0 aliphatic heterocycles. The fraction of sp³-hybridized carbons (Fsp3) is 0.250. The molecular formula is C16H19N3O2. The van der Waals surface area contributed by atoms with Crippen molar-refractivity contribution in [1.29, 1.82) is 0 Å². The van der Waals surface area contributed by atoms with Gasteiger partial charge in [0, 0.05) is 24.5 Å². The van der Waals surface area contributed by atoms with Gasteiger partial charge in [-0.05, 0) is 43.2 Å². The number of anilines is 1. The van der Waals surface area contributed by atoms with Gasteiger partial charge in [0.05, 0.1) is 12.3 Å². The molecule has 5 nitrogen and oxygen atoms in total. The molecule has 1 aromatic carbocycles. The number of nitrogens with one attached hydrogen (secondary N) is 1. The molecule has 110 valence electrons. The number of benzene rings is 1. The van der Waals surface area contributed by atoms with Gasteiger partial charge >= 0.3 is 0 Å². The van der Waals surface area contributed by atoms with Gasteiger partial charge < -0.3 is 10.4 Å². The first-order valence-electron chi connectivity index (χ1n) is 6.85. The molecule has 2 aromatic rings. The van der Waals surface area contributed by atoms with E-state index in [0.29, 0.717) is 5.69 Å². The van der Waals surface area contributed by atoms with Crippen LogP contribution in [0.3, 0.4) is 0 Å². The Kier molecular flexibility index (Phi) is 4.90. The minimum atomic E-state index is -0.211. The van der Waals surface area contributed by atoms with Crippen molar-refractivity contribution in [2.45, 2.75) is 27.0 Å². The van der Waals surface area contributed by atoms with Crippen molar-refractivity contribution in [3.8, 4) is 0 Å². The van der Waals surface area contributed by atoms with Crippen LogP contribution in [0.5, 0.6) is 0 Å². The molecule has 21 heavy (non-hydrogen) atoms. The third-order valence-electron chi connectivity index (χ3n) is 3.20. The highest BCUT2D eigenvalue weighted by molar-refractivity contribution is 6.02. The Morgan fingerprint density at radius 3 is 2.95 bits per heavy atom. The molecular weight excluding hydrogens is 266 g/mol. The molecule has 0 radical (unpaired) electrons. The molecule has 0 saturated heterocycles. The van der Waals surface area contributed by atoms with Crippen molar-refractivity contribution < 1.29 is 9.90 Å². The van der Waals surface area contributed by atoms with E-state index in [1.165, 1.54) is 6.08 Å². The molecule has 0 aliphatic rings. The number of amides is 1. The molecule has 0 unspecified atom stereocenters. The number of nitrogens with zero attached hydrogens (tertiary/aromatic N) is 2. The monoisotopic (exact) mass is 285 g/mol. The second-order valence-electron chi connectivity index (χ2n) is 4.70. The molecule has 1 aromatic heterocycles. The quantitative estimate of drug-likeness (QED) is 0.829. The maximum absolute atomic E-state index is 12.0. The Bertz CT molecular complexity index is 659. The van der Waals surface area contributed by atoms with Gasteiger partial charge in [0.2, 0.25) is 5.91 Å². The summed E-state index contributed by atoms with van der Waals surface area (Å²) in [6.45, 7) is 4.61. The zero-order chi connectivity index (χ0) is 15.2. The number of rotatable bonds is 5. The second kappa shape index (κ2) is 6.85. The summed E-state index contributed by atoms with van der Waals surface area (Å²) < 4.78 is 1.81. The Morgan fingerprint density at radius 2 is 2.24 bits per heavy atom. The predicted octanol–water partition coefficient (Wildman–Crippen LogP) is 2.36. The first kappa shape index (κ1) is 15.0. The molecule has 1 heterocycles. The molecule has 2 rings (SSSR count). The van der Waals surface area contributed by atoms with Crippen molar-refractivity contribution in [3.05, 3.63) is 53.4 Å². The highest BCUT2D eigenvalue weighted by atomic mass is 16.3. The van der Waals surface area contributed by atoms with Crippen molar-refractivity contribution in [1.82, 2.24) is 9.78 Å². The van der Waals surface area contributed by atoms with Gasteiger partial charge in [-0.1, -0.05) is 12.1 Å². The fourth-order valence-electron chi connectivity index (χ4n) is 1.99. The van der Waals surface area contributed by atoms with Crippen LogP contribution >= 0.6 is 0 Å². The van der Waals surface area contributed by atoms with E-state index in [0.717, 1.165) is 23.4 Å². The number of carbonyl (C=O) groups is 1. The van der Waals surface area contributed by atoms with Crippen LogP contribution in [0.2, 0.25) is 0 Å². The van der Waals surface area contributed by atoms with Crippen LogP contribution in [0, 0.1) is 6.92 Å². The topological polar surface area (TPSA) is 67.2 Å². The van der Waals surface area contributed by atoms with Crippen LogP contribution in [-0.4, -0.2) is 20.8 Å². The molecule has 1 amide bonds. The standard InChI is InChI=1S/C16H19N3O2/c1-3-19-14(8-9-17-19)6-7-16(21)18-15-10-13(11-20)5-4-12(15)2/h4-10,20H,3,11H2,1-2H3,(H,18,21)/b7-6+. The lowest BCUT2D eigenvalue weighted by Gasteiger charge is -2.08. The van der Waals surface area contributed by atoms with Gasteiger partial charge in [-0.25, -0.2) is 0 Å². The summed E-state index contributed by atoms with van der Waals surface area (Å²) in [7, 11) is 0. The zero-order valence-electron chi connectivity index (χ0n) is 12.2. The highest BCUT2D eigenvalue weighted by Crippen LogP contribution is 2.17. The molecule has 0 spiro atoms. The third-order valence-corrected chi connectivity index (χ3v) is 3.20. The lowest BCUT2D eigenvalue weighted by Crippen LogP contribution is -2.09. The zero-order valence-corrected chi connectivity index (χ0v) is 12.2. The minimum Gasteiger partial charge on any atom is -0.392 e. The SMILES string of the molecule is CCn1nccc1/C=C/C(=O)Nc1cc(CO)ccc1C. The van der Waals surface area contributed by atoms with Gasteiger partial charge in [0.15, 0.2) is 0 Å². The maximum Gasteiger partial charge on any atom is 0.248 e. The van der Waals surface area contributed by atoms with E-state index in [1.807, 2.05) is 32.0 Å². The summed E-state index contributed by atoms with van der Waals surface area (Å²) in [5.74, 6) is -0.211. The Balaban J connectivity index is 2.08. The largest absolute Gasteiger partial charge is 0.392 e. The van der Waals surface area contributed by atoms with Crippen LogP contribution in [-0.2, 0) is 17.9 Å². The molecule has 0 saturated carbocycles. The molecule has 0 bridgehead atoms. The van der Waals surface area contributed by atoms with Crippen molar-refractivity contribution >= 4 is 17.7 Å². The van der Waals surface area contributed by atoms with E-state index in [2.05, 4.69) is 10.4 Å². The average Bonchev–Trinajstić information content (AvgIpc) is 2.95. The maximum atomic E-state index is 12.0. The Labute approximate surface area is 123 Å². The Hall–Kier alpha value is -2.40. The van der Waals surface area contributed by atoms with E-state index in [4.69, 9.17) is 5.11 Å². The van der Waals surface area contributed by atoms with Gasteiger partial charge in [0.25, 0.3) is 0 Å². The van der Waals surface area contributed by atoms with E-state index < -0.39 is 0 Å². The van der Waals surface area contributed by atoms with Crippen LogP contribution in [0.4, 0.5) is 5.69 Å². The summed E-state index contributed by atoms with van der Waals surface area (Å²) in [6.07, 6.45) is 4.92. The van der Waals surface area contributed by atoms with Crippen molar-refractivity contribution in [3.63, 3.8) is 0 Å². The first-order valence-corrected chi connectivity index (χ1v) is 6.85. The van der Waals surface area contributed by atoms with E-state index in [-0.39, 0.29) is 12.5 Å². The van der Waals surface area contributed by atoms with Gasteiger partial charge in [0.1, 0.15) is 0 Å². The molecule has 0 fully saturated rings. The summed E-state index contributed by atoms with van der Waals surface area (Å²) in [4.78, 5) is 12.0. The van der Waals surface area contributed by atoms with Crippen molar-refractivity contribution in [2.24, 2.45) is 0 Å². The summed E-state index contributed by atoms with van der Waals surface area (Å²) >= 11 is 0. The summed E-state index contributed by atoms with van der Waals surface area (Å²) in [5, 5.41) is 16.1. The van der Waals surface area contributed by atoms with Gasteiger partial charge in [-0.15, -0.1) is 0 Å². The lowest BCUT2D eigenvalue weighted by molar-refractivity contribution is -0.111. The minimum absolute atomic E-state index is 0.0469. The summed E-state index contributed by atoms with van der Waals surface area (Å²) in [5.41, 5.74) is 3.31. The van der Waals surface area contributed by atoms with Crippen LogP contribution in [0.1, 0.15) is 23.7 Å². The summed E-state index contributed by atoms with van der Waals surface area (Å²) in [6, 6.07) is 7.33. The fourth-order valence-corrected chi connectivity index (χ4v) is 1.99. The lowest BCUT2D eigenvalue weighted by atomic mass is 10.1. The molecule has 0 atom stereocenters. The predicted molar refractivity (Wildman–Crippen MR) is 82.7 cm³/mol. The van der Waals surface area contributed by atoms with Gasteiger partial charge in [-0.3, -0.25) is 9.48 Å². The van der Waals surface area contributed by atoms with Gasteiger partial charge in [-0.2, -0.15) is 5.10 Å². The van der Waals surface area contributed by atoms with E-state index in [1.54, 1.807) is 23.0 Å². The van der Waals surface area contributed by atoms with Crippen LogP contribution < -0.4 is 5.32 Å². The average molecular weight is 285 g/mol. The molecule has 0 aliphatic carbocycles. The number of aryl methyl sites for hydroxylation is 2. The number of carbonyl (C=O) groups excluding carboxylic acids is 1. The third kappa shape index (κ3) is 3.79. The van der Waals surface area contributed by atoms with Crippen LogP contribution in [0.25, 0.3) is 6.08 Å². The number of hydrogen-bond donors (Lipinski definition) is 2. The first-order chi connectivity index (χ1) is 10.1.